The van der Waals surface area contributed by atoms with Crippen molar-refractivity contribution in [2.45, 2.75) is 32.2 Å². The van der Waals surface area contributed by atoms with Crippen molar-refractivity contribution in [2.24, 2.45) is 5.92 Å². The van der Waals surface area contributed by atoms with Gasteiger partial charge in [0, 0.05) is 18.0 Å². The van der Waals surface area contributed by atoms with E-state index in [9.17, 15) is 4.79 Å². The number of carbonyl (C=O) groups is 1. The molecule has 0 saturated heterocycles. The molecule has 0 aromatic heterocycles. The topological polar surface area (TPSA) is 29.5 Å². The number of para-hydroxylation sites is 1. The molecule has 0 aliphatic heterocycles. The highest BCUT2D eigenvalue weighted by Gasteiger charge is 2.23. The normalized spacial score (nSPS) is 15.9. The summed E-state index contributed by atoms with van der Waals surface area (Å²) in [5.74, 6) is 1.60. The van der Waals surface area contributed by atoms with Gasteiger partial charge < -0.3 is 4.74 Å². The maximum Gasteiger partial charge on any atom is 0.149 e. The summed E-state index contributed by atoms with van der Waals surface area (Å²) >= 11 is 0. The lowest BCUT2D eigenvalue weighted by Gasteiger charge is -2.19. The first-order valence-electron chi connectivity index (χ1n) is 7.04. The van der Waals surface area contributed by atoms with Gasteiger partial charge in [0.15, 0.2) is 0 Å². The van der Waals surface area contributed by atoms with E-state index in [1.165, 1.54) is 12.8 Å². The molecule has 0 radical (unpaired) electrons. The molecule has 0 heterocycles. The van der Waals surface area contributed by atoms with Crippen molar-refractivity contribution in [3.63, 3.8) is 0 Å². The van der Waals surface area contributed by atoms with Gasteiger partial charge in [0.1, 0.15) is 11.5 Å². The number of methoxy groups -OCH3 is 1. The van der Waals surface area contributed by atoms with Gasteiger partial charge in [0.25, 0.3) is 0 Å². The number of benzene rings is 1. The number of nitrogens with zero attached hydrogens (tertiary/aromatic N) is 1. The Morgan fingerprint density at radius 2 is 2.00 bits per heavy atom. The van der Waals surface area contributed by atoms with Crippen molar-refractivity contribution in [1.82, 2.24) is 4.90 Å². The molecule has 104 valence electrons. The van der Waals surface area contributed by atoms with Gasteiger partial charge in [-0.1, -0.05) is 31.0 Å². The van der Waals surface area contributed by atoms with Gasteiger partial charge in [0.2, 0.25) is 0 Å². The van der Waals surface area contributed by atoms with E-state index in [2.05, 4.69) is 11.0 Å². The second-order valence-electron chi connectivity index (χ2n) is 5.43. The molecule has 19 heavy (non-hydrogen) atoms. The third-order valence-electron chi connectivity index (χ3n) is 3.87. The van der Waals surface area contributed by atoms with Crippen LogP contribution in [0.4, 0.5) is 0 Å². The van der Waals surface area contributed by atoms with Crippen LogP contribution < -0.4 is 4.74 Å². The lowest BCUT2D eigenvalue weighted by molar-refractivity contribution is -0.123. The highest BCUT2D eigenvalue weighted by atomic mass is 16.5. The molecule has 0 atom stereocenters. The van der Waals surface area contributed by atoms with E-state index < -0.39 is 0 Å². The zero-order valence-corrected chi connectivity index (χ0v) is 11.9. The minimum absolute atomic E-state index is 0.306. The second-order valence-corrected chi connectivity index (χ2v) is 5.43. The molecule has 0 amide bonds. The Morgan fingerprint density at radius 3 is 2.68 bits per heavy atom. The minimum Gasteiger partial charge on any atom is -0.496 e. The molecule has 3 nitrogen and oxygen atoms in total. The first-order valence-corrected chi connectivity index (χ1v) is 7.04. The molecule has 1 saturated carbocycles. The molecule has 1 fully saturated rings. The molecule has 1 aromatic carbocycles. The average Bonchev–Trinajstić information content (AvgIpc) is 2.93. The first kappa shape index (κ1) is 14.1. The van der Waals surface area contributed by atoms with Gasteiger partial charge in [-0.05, 0) is 26.0 Å². The molecule has 1 aliphatic carbocycles. The molecule has 1 aliphatic rings. The number of ether oxygens (including phenoxy) is 1. The first-order chi connectivity index (χ1) is 9.20. The van der Waals surface area contributed by atoms with E-state index in [1.54, 1.807) is 7.11 Å². The van der Waals surface area contributed by atoms with Gasteiger partial charge >= 0.3 is 0 Å². The molecule has 3 heteroatoms. The Bertz CT molecular complexity index is 425. The van der Waals surface area contributed by atoms with E-state index in [4.69, 9.17) is 4.74 Å². The van der Waals surface area contributed by atoms with E-state index >= 15 is 0 Å². The summed E-state index contributed by atoms with van der Waals surface area (Å²) < 4.78 is 5.34. The number of rotatable bonds is 6. The van der Waals surface area contributed by atoms with Gasteiger partial charge in [-0.3, -0.25) is 9.69 Å². The third kappa shape index (κ3) is 3.80. The summed E-state index contributed by atoms with van der Waals surface area (Å²) in [7, 11) is 3.68. The van der Waals surface area contributed by atoms with Crippen molar-refractivity contribution >= 4 is 5.78 Å². The van der Waals surface area contributed by atoms with E-state index in [0.717, 1.165) is 30.7 Å². The molecular formula is C16H23NO2. The smallest absolute Gasteiger partial charge is 0.149 e. The Kier molecular flexibility index (Phi) is 4.97. The summed E-state index contributed by atoms with van der Waals surface area (Å²) in [5.41, 5.74) is 1.13. The van der Waals surface area contributed by atoms with E-state index in [-0.39, 0.29) is 0 Å². The van der Waals surface area contributed by atoms with Crippen molar-refractivity contribution in [2.75, 3.05) is 20.7 Å². The fourth-order valence-electron chi connectivity index (χ4n) is 2.82. The summed E-state index contributed by atoms with van der Waals surface area (Å²) in [6.07, 6.45) is 4.60. The van der Waals surface area contributed by atoms with Crippen LogP contribution in [0.3, 0.4) is 0 Å². The maximum atomic E-state index is 12.1. The molecule has 1 aromatic rings. The van der Waals surface area contributed by atoms with Crippen LogP contribution in [0, 0.1) is 5.92 Å². The van der Waals surface area contributed by atoms with Crippen LogP contribution in [0.1, 0.15) is 31.2 Å². The van der Waals surface area contributed by atoms with Crippen LogP contribution in [0.2, 0.25) is 0 Å². The van der Waals surface area contributed by atoms with Crippen LogP contribution in [0.15, 0.2) is 24.3 Å². The number of hydrogen-bond acceptors (Lipinski definition) is 3. The minimum atomic E-state index is 0.306. The average molecular weight is 261 g/mol. The van der Waals surface area contributed by atoms with Crippen molar-refractivity contribution in [3.05, 3.63) is 29.8 Å². The van der Waals surface area contributed by atoms with Crippen LogP contribution in [0.25, 0.3) is 0 Å². The van der Waals surface area contributed by atoms with Gasteiger partial charge in [-0.2, -0.15) is 0 Å². The quantitative estimate of drug-likeness (QED) is 0.788. The van der Waals surface area contributed by atoms with Crippen LogP contribution in [0.5, 0.6) is 5.75 Å². The molecular weight excluding hydrogens is 238 g/mol. The largest absolute Gasteiger partial charge is 0.496 e. The highest BCUT2D eigenvalue weighted by Crippen LogP contribution is 2.26. The molecule has 0 N–H and O–H groups in total. The van der Waals surface area contributed by atoms with Gasteiger partial charge in [-0.25, -0.2) is 0 Å². The zero-order valence-electron chi connectivity index (χ0n) is 11.9. The summed E-state index contributed by atoms with van der Waals surface area (Å²) in [5, 5.41) is 0. The zero-order chi connectivity index (χ0) is 13.7. The Labute approximate surface area is 115 Å². The molecule has 0 unspecified atom stereocenters. The van der Waals surface area contributed by atoms with Crippen molar-refractivity contribution < 1.29 is 9.53 Å². The van der Waals surface area contributed by atoms with Crippen LogP contribution in [-0.2, 0) is 11.3 Å². The van der Waals surface area contributed by atoms with E-state index in [1.807, 2.05) is 25.2 Å². The molecule has 2 rings (SSSR count). The number of ketones is 1. The third-order valence-corrected chi connectivity index (χ3v) is 3.87. The Hall–Kier alpha value is -1.35. The van der Waals surface area contributed by atoms with E-state index in [0.29, 0.717) is 18.2 Å². The monoisotopic (exact) mass is 261 g/mol. The lowest BCUT2D eigenvalue weighted by Crippen LogP contribution is -2.29. The maximum absolute atomic E-state index is 12.1. The van der Waals surface area contributed by atoms with Crippen molar-refractivity contribution in [3.8, 4) is 5.75 Å². The summed E-state index contributed by atoms with van der Waals surface area (Å²) in [6.45, 7) is 1.30. The van der Waals surface area contributed by atoms with Crippen LogP contribution in [-0.4, -0.2) is 31.4 Å². The molecule has 0 spiro atoms. The Balaban J connectivity index is 1.89. The lowest BCUT2D eigenvalue weighted by atomic mass is 10.0. The fraction of sp³-hybridized carbons (Fsp3) is 0.562. The predicted octanol–water partition coefficient (Wildman–Crippen LogP) is 2.89. The van der Waals surface area contributed by atoms with Crippen LogP contribution >= 0.6 is 0 Å². The number of likely N-dealkylation sites (N-methyl/N-ethyl adjacent to an activating group) is 1. The predicted molar refractivity (Wildman–Crippen MR) is 76.3 cm³/mol. The standard InChI is InChI=1S/C16H23NO2/c1-17(12-15(18)13-7-3-4-8-13)11-14-9-5-6-10-16(14)19-2/h5-6,9-10,13H,3-4,7-8,11-12H2,1-2H3. The second kappa shape index (κ2) is 6.71. The van der Waals surface area contributed by atoms with Gasteiger partial charge in [-0.15, -0.1) is 0 Å². The van der Waals surface area contributed by atoms with Gasteiger partial charge in [0.05, 0.1) is 13.7 Å². The fourth-order valence-corrected chi connectivity index (χ4v) is 2.82. The van der Waals surface area contributed by atoms with Crippen molar-refractivity contribution in [1.29, 1.82) is 0 Å². The summed E-state index contributed by atoms with van der Waals surface area (Å²) in [6, 6.07) is 7.98. The number of Topliss-reactive ketones (excluding diaryl/α,β-unsaturated/α-hetero) is 1. The number of carbonyl (C=O) groups excluding carboxylic acids is 1. The molecule has 0 bridgehead atoms. The Morgan fingerprint density at radius 1 is 1.32 bits per heavy atom. The SMILES string of the molecule is COc1ccccc1CN(C)CC(=O)C1CCCC1. The number of hydrogen-bond donors (Lipinski definition) is 0. The summed E-state index contributed by atoms with van der Waals surface area (Å²) in [4.78, 5) is 14.2. The highest BCUT2D eigenvalue weighted by molar-refractivity contribution is 5.83.